The van der Waals surface area contributed by atoms with Crippen LogP contribution < -0.4 is 5.32 Å². The van der Waals surface area contributed by atoms with E-state index in [0.717, 1.165) is 61.4 Å². The third-order valence-electron chi connectivity index (χ3n) is 4.94. The van der Waals surface area contributed by atoms with Gasteiger partial charge in [-0.3, -0.25) is 9.69 Å². The Balaban J connectivity index is 1.30. The summed E-state index contributed by atoms with van der Waals surface area (Å²) in [5, 5.41) is 3.01. The van der Waals surface area contributed by atoms with Gasteiger partial charge in [-0.15, -0.1) is 0 Å². The fraction of sp³-hybridized carbons (Fsp3) is 0.333. The van der Waals surface area contributed by atoms with Crippen LogP contribution in [0.25, 0.3) is 22.2 Å². The van der Waals surface area contributed by atoms with Crippen LogP contribution in [0.3, 0.4) is 0 Å². The zero-order valence-electron chi connectivity index (χ0n) is 15.3. The summed E-state index contributed by atoms with van der Waals surface area (Å²) in [7, 11) is 0. The molecule has 1 saturated heterocycles. The number of aromatic nitrogens is 2. The van der Waals surface area contributed by atoms with Crippen molar-refractivity contribution in [3.63, 3.8) is 0 Å². The molecule has 4 rings (SSSR count). The molecule has 0 unspecified atom stereocenters. The van der Waals surface area contributed by atoms with Crippen molar-refractivity contribution >= 4 is 16.9 Å². The van der Waals surface area contributed by atoms with E-state index < -0.39 is 0 Å². The molecule has 0 bridgehead atoms. The number of fused-ring (bicyclic) bond motifs is 1. The summed E-state index contributed by atoms with van der Waals surface area (Å²) >= 11 is 0. The molecule has 1 amide bonds. The number of carbonyl (C=O) groups is 1. The highest BCUT2D eigenvalue weighted by atomic mass is 16.5. The molecule has 1 fully saturated rings. The molecule has 2 heterocycles. The van der Waals surface area contributed by atoms with Gasteiger partial charge in [0, 0.05) is 25.2 Å². The van der Waals surface area contributed by atoms with E-state index in [0.29, 0.717) is 12.1 Å². The number of morpholine rings is 1. The highest BCUT2D eigenvalue weighted by Crippen LogP contribution is 2.23. The molecule has 140 valence electrons. The number of aromatic amines is 1. The standard InChI is InChI=1S/C21H24N4O2/c26-21(22-8-1-9-25-10-12-27-13-11-25)17-4-2-16(3-5-17)18-6-7-19-20(14-18)24-15-23-19/h2-7,14-15H,1,8-13H2,(H,22,26)(H,23,24). The Labute approximate surface area is 158 Å². The quantitative estimate of drug-likeness (QED) is 0.660. The molecule has 6 nitrogen and oxygen atoms in total. The molecule has 3 aromatic rings. The third-order valence-corrected chi connectivity index (χ3v) is 4.94. The SMILES string of the molecule is O=C(NCCCN1CCOCC1)c1ccc(-c2ccc3nc[nH]c3c2)cc1. The Hall–Kier alpha value is -2.70. The van der Waals surface area contributed by atoms with Gasteiger partial charge < -0.3 is 15.0 Å². The third kappa shape index (κ3) is 4.35. The average Bonchev–Trinajstić information content (AvgIpc) is 3.20. The molecule has 2 N–H and O–H groups in total. The van der Waals surface area contributed by atoms with E-state index in [1.807, 2.05) is 36.4 Å². The minimum absolute atomic E-state index is 0.0208. The number of hydrogen-bond donors (Lipinski definition) is 2. The van der Waals surface area contributed by atoms with E-state index in [1.54, 1.807) is 6.33 Å². The molecule has 2 aromatic carbocycles. The zero-order chi connectivity index (χ0) is 18.5. The summed E-state index contributed by atoms with van der Waals surface area (Å²) in [5.41, 5.74) is 4.83. The summed E-state index contributed by atoms with van der Waals surface area (Å²) in [6.07, 6.45) is 2.65. The molecule has 0 radical (unpaired) electrons. The van der Waals surface area contributed by atoms with Crippen LogP contribution in [-0.4, -0.2) is 60.2 Å². The van der Waals surface area contributed by atoms with Crippen molar-refractivity contribution < 1.29 is 9.53 Å². The van der Waals surface area contributed by atoms with Crippen molar-refractivity contribution in [3.05, 3.63) is 54.4 Å². The molecule has 6 heteroatoms. The number of ether oxygens (including phenoxy) is 1. The maximum absolute atomic E-state index is 12.3. The summed E-state index contributed by atoms with van der Waals surface area (Å²) in [4.78, 5) is 22.1. The number of H-pyrrole nitrogens is 1. The van der Waals surface area contributed by atoms with Crippen LogP contribution in [0.4, 0.5) is 0 Å². The summed E-state index contributed by atoms with van der Waals surface area (Å²) in [6, 6.07) is 13.8. The molecule has 1 aliphatic rings. The smallest absolute Gasteiger partial charge is 0.251 e. The summed E-state index contributed by atoms with van der Waals surface area (Å²) < 4.78 is 5.34. The second-order valence-corrected chi connectivity index (χ2v) is 6.78. The number of carbonyl (C=O) groups excluding carboxylic acids is 1. The molecule has 1 aliphatic heterocycles. The van der Waals surface area contributed by atoms with Gasteiger partial charge >= 0.3 is 0 Å². The van der Waals surface area contributed by atoms with Crippen molar-refractivity contribution in [3.8, 4) is 11.1 Å². The van der Waals surface area contributed by atoms with Gasteiger partial charge in [0.15, 0.2) is 0 Å². The van der Waals surface area contributed by atoms with Crippen LogP contribution in [0, 0.1) is 0 Å². The van der Waals surface area contributed by atoms with E-state index in [1.165, 1.54) is 0 Å². The van der Waals surface area contributed by atoms with Crippen molar-refractivity contribution in [2.24, 2.45) is 0 Å². The number of benzene rings is 2. The average molecular weight is 364 g/mol. The minimum Gasteiger partial charge on any atom is -0.379 e. The molecular formula is C21H24N4O2. The van der Waals surface area contributed by atoms with Crippen LogP contribution in [0.1, 0.15) is 16.8 Å². The lowest BCUT2D eigenvalue weighted by atomic mass is 10.0. The first-order valence-corrected chi connectivity index (χ1v) is 9.41. The van der Waals surface area contributed by atoms with Gasteiger partial charge in [0.05, 0.1) is 30.6 Å². The molecule has 0 atom stereocenters. The highest BCUT2D eigenvalue weighted by molar-refractivity contribution is 5.94. The topological polar surface area (TPSA) is 70.2 Å². The Bertz CT molecular complexity index is 898. The predicted molar refractivity (Wildman–Crippen MR) is 106 cm³/mol. The van der Waals surface area contributed by atoms with E-state index in [4.69, 9.17) is 4.74 Å². The Morgan fingerprint density at radius 3 is 2.70 bits per heavy atom. The van der Waals surface area contributed by atoms with Crippen molar-refractivity contribution in [1.29, 1.82) is 0 Å². The maximum atomic E-state index is 12.3. The van der Waals surface area contributed by atoms with Crippen LogP contribution >= 0.6 is 0 Å². The Morgan fingerprint density at radius 2 is 1.89 bits per heavy atom. The number of imidazole rings is 1. The van der Waals surface area contributed by atoms with Gasteiger partial charge in [0.2, 0.25) is 0 Å². The van der Waals surface area contributed by atoms with Gasteiger partial charge in [-0.05, 0) is 48.4 Å². The molecule has 0 aliphatic carbocycles. The maximum Gasteiger partial charge on any atom is 0.251 e. The second-order valence-electron chi connectivity index (χ2n) is 6.78. The van der Waals surface area contributed by atoms with Crippen LogP contribution in [0.2, 0.25) is 0 Å². The number of nitrogens with one attached hydrogen (secondary N) is 2. The number of nitrogens with zero attached hydrogens (tertiary/aromatic N) is 2. The van der Waals surface area contributed by atoms with Crippen LogP contribution in [-0.2, 0) is 4.74 Å². The fourth-order valence-electron chi connectivity index (χ4n) is 3.36. The van der Waals surface area contributed by atoms with Gasteiger partial charge in [-0.25, -0.2) is 4.98 Å². The fourth-order valence-corrected chi connectivity index (χ4v) is 3.36. The Morgan fingerprint density at radius 1 is 1.11 bits per heavy atom. The van der Waals surface area contributed by atoms with Gasteiger partial charge in [0.1, 0.15) is 0 Å². The molecule has 27 heavy (non-hydrogen) atoms. The zero-order valence-corrected chi connectivity index (χ0v) is 15.3. The summed E-state index contributed by atoms with van der Waals surface area (Å²) in [5.74, 6) is -0.0208. The molecule has 0 spiro atoms. The van der Waals surface area contributed by atoms with E-state index in [-0.39, 0.29) is 5.91 Å². The predicted octanol–water partition coefficient (Wildman–Crippen LogP) is 2.68. The van der Waals surface area contributed by atoms with Crippen LogP contribution in [0.15, 0.2) is 48.8 Å². The molecular weight excluding hydrogens is 340 g/mol. The van der Waals surface area contributed by atoms with E-state index in [9.17, 15) is 4.79 Å². The monoisotopic (exact) mass is 364 g/mol. The second kappa shape index (κ2) is 8.33. The van der Waals surface area contributed by atoms with Gasteiger partial charge in [-0.2, -0.15) is 0 Å². The number of rotatable bonds is 6. The van der Waals surface area contributed by atoms with Gasteiger partial charge in [-0.1, -0.05) is 18.2 Å². The number of hydrogen-bond acceptors (Lipinski definition) is 4. The summed E-state index contributed by atoms with van der Waals surface area (Å²) in [6.45, 7) is 5.28. The molecule has 0 saturated carbocycles. The van der Waals surface area contributed by atoms with E-state index >= 15 is 0 Å². The number of amides is 1. The lowest BCUT2D eigenvalue weighted by Gasteiger charge is -2.26. The normalized spacial score (nSPS) is 15.1. The van der Waals surface area contributed by atoms with E-state index in [2.05, 4.69) is 26.3 Å². The highest BCUT2D eigenvalue weighted by Gasteiger charge is 2.10. The lowest BCUT2D eigenvalue weighted by Crippen LogP contribution is -2.38. The minimum atomic E-state index is -0.0208. The Kier molecular flexibility index (Phi) is 5.46. The first-order valence-electron chi connectivity index (χ1n) is 9.41. The first-order chi connectivity index (χ1) is 13.3. The largest absolute Gasteiger partial charge is 0.379 e. The van der Waals surface area contributed by atoms with Crippen molar-refractivity contribution in [1.82, 2.24) is 20.2 Å². The lowest BCUT2D eigenvalue weighted by molar-refractivity contribution is 0.0374. The van der Waals surface area contributed by atoms with Crippen molar-refractivity contribution in [2.45, 2.75) is 6.42 Å². The molecule has 1 aromatic heterocycles. The van der Waals surface area contributed by atoms with Crippen LogP contribution in [0.5, 0.6) is 0 Å². The first kappa shape index (κ1) is 17.7. The van der Waals surface area contributed by atoms with Crippen molar-refractivity contribution in [2.75, 3.05) is 39.4 Å². The van der Waals surface area contributed by atoms with Gasteiger partial charge in [0.25, 0.3) is 5.91 Å².